The number of methoxy groups -OCH3 is 1. The van der Waals surface area contributed by atoms with Gasteiger partial charge in [0.25, 0.3) is 5.91 Å². The molecule has 1 N–H and O–H groups in total. The fourth-order valence-electron chi connectivity index (χ4n) is 3.74. The number of carbonyl (C=O) groups excluding carboxylic acids is 2. The Balaban J connectivity index is 1.35. The van der Waals surface area contributed by atoms with Gasteiger partial charge in [0.15, 0.2) is 5.89 Å². The Morgan fingerprint density at radius 3 is 2.46 bits per heavy atom. The van der Waals surface area contributed by atoms with Gasteiger partial charge in [-0.2, -0.15) is 0 Å². The van der Waals surface area contributed by atoms with E-state index >= 15 is 0 Å². The molecule has 35 heavy (non-hydrogen) atoms. The molecule has 10 nitrogen and oxygen atoms in total. The fourth-order valence-corrected chi connectivity index (χ4v) is 3.74. The van der Waals surface area contributed by atoms with Crippen molar-refractivity contribution in [2.45, 2.75) is 45.1 Å². The highest BCUT2D eigenvalue weighted by molar-refractivity contribution is 6.01. The first-order valence-electron chi connectivity index (χ1n) is 11.4. The van der Waals surface area contributed by atoms with E-state index in [1.54, 1.807) is 18.1 Å². The minimum Gasteiger partial charge on any atom is -0.497 e. The lowest BCUT2D eigenvalue weighted by Crippen LogP contribution is -2.41. The van der Waals surface area contributed by atoms with Gasteiger partial charge in [0.1, 0.15) is 23.5 Å². The third-order valence-electron chi connectivity index (χ3n) is 5.54. The molecule has 3 heterocycles. The van der Waals surface area contributed by atoms with Crippen molar-refractivity contribution in [3.63, 3.8) is 0 Å². The molecule has 10 heteroatoms. The predicted molar refractivity (Wildman–Crippen MR) is 128 cm³/mol. The van der Waals surface area contributed by atoms with Crippen LogP contribution in [0.3, 0.4) is 0 Å². The van der Waals surface area contributed by atoms with Crippen molar-refractivity contribution in [1.29, 1.82) is 0 Å². The van der Waals surface area contributed by atoms with E-state index in [-0.39, 0.29) is 17.8 Å². The van der Waals surface area contributed by atoms with E-state index in [4.69, 9.17) is 13.9 Å². The van der Waals surface area contributed by atoms with Crippen LogP contribution in [0.1, 0.15) is 56.0 Å². The summed E-state index contributed by atoms with van der Waals surface area (Å²) >= 11 is 0. The summed E-state index contributed by atoms with van der Waals surface area (Å²) in [4.78, 5) is 39.4. The minimum atomic E-state index is -0.530. The number of likely N-dealkylation sites (tertiary alicyclic amines) is 1. The van der Waals surface area contributed by atoms with Gasteiger partial charge in [-0.15, -0.1) is 0 Å². The Hall–Kier alpha value is -3.95. The van der Waals surface area contributed by atoms with Gasteiger partial charge < -0.3 is 24.1 Å². The Morgan fingerprint density at radius 1 is 1.09 bits per heavy atom. The second-order valence-electron chi connectivity index (χ2n) is 9.28. The first-order chi connectivity index (χ1) is 16.7. The van der Waals surface area contributed by atoms with Gasteiger partial charge in [0.2, 0.25) is 5.76 Å². The Kier molecular flexibility index (Phi) is 6.99. The molecule has 1 saturated heterocycles. The van der Waals surface area contributed by atoms with E-state index in [1.165, 1.54) is 12.5 Å². The molecule has 1 fully saturated rings. The lowest BCUT2D eigenvalue weighted by atomic mass is 9.97. The fraction of sp³-hybridized carbons (Fsp3) is 0.400. The lowest BCUT2D eigenvalue weighted by molar-refractivity contribution is 0.0199. The Morgan fingerprint density at radius 2 is 1.80 bits per heavy atom. The van der Waals surface area contributed by atoms with Crippen LogP contribution in [0, 0.1) is 0 Å². The van der Waals surface area contributed by atoms with Crippen molar-refractivity contribution in [2.75, 3.05) is 25.5 Å². The molecule has 2 aromatic heterocycles. The summed E-state index contributed by atoms with van der Waals surface area (Å²) in [6, 6.07) is 9.12. The summed E-state index contributed by atoms with van der Waals surface area (Å²) in [5.41, 5.74) is 0.994. The number of rotatable bonds is 5. The number of hydrogen-bond acceptors (Lipinski definition) is 8. The number of anilines is 1. The number of hydrogen-bond donors (Lipinski definition) is 1. The Labute approximate surface area is 203 Å². The molecule has 0 spiro atoms. The molecular weight excluding hydrogens is 450 g/mol. The average molecular weight is 480 g/mol. The van der Waals surface area contributed by atoms with Crippen molar-refractivity contribution in [2.24, 2.45) is 0 Å². The van der Waals surface area contributed by atoms with E-state index in [2.05, 4.69) is 20.3 Å². The van der Waals surface area contributed by atoms with Gasteiger partial charge in [-0.25, -0.2) is 19.7 Å². The molecule has 1 aromatic carbocycles. The van der Waals surface area contributed by atoms with Crippen LogP contribution in [0.15, 0.2) is 47.3 Å². The smallest absolute Gasteiger partial charge is 0.410 e. The molecule has 184 valence electrons. The lowest BCUT2D eigenvalue weighted by Gasteiger charge is -2.32. The van der Waals surface area contributed by atoms with Crippen molar-refractivity contribution in [3.8, 4) is 17.0 Å². The van der Waals surface area contributed by atoms with Gasteiger partial charge in [-0.1, -0.05) is 0 Å². The molecule has 0 aliphatic carbocycles. The van der Waals surface area contributed by atoms with E-state index in [1.807, 2.05) is 45.0 Å². The zero-order chi connectivity index (χ0) is 25.0. The van der Waals surface area contributed by atoms with Crippen molar-refractivity contribution in [3.05, 3.63) is 54.5 Å². The topological polar surface area (TPSA) is 120 Å². The Bertz CT molecular complexity index is 1180. The van der Waals surface area contributed by atoms with E-state index in [0.717, 1.165) is 11.3 Å². The highest BCUT2D eigenvalue weighted by Gasteiger charge is 2.30. The number of oxazole rings is 1. The van der Waals surface area contributed by atoms with Gasteiger partial charge >= 0.3 is 6.09 Å². The van der Waals surface area contributed by atoms with Crippen LogP contribution in [0.25, 0.3) is 11.3 Å². The van der Waals surface area contributed by atoms with E-state index < -0.39 is 11.5 Å². The summed E-state index contributed by atoms with van der Waals surface area (Å²) in [5, 5.41) is 2.73. The standard InChI is InChI=1S/C25H29N5O5/c1-25(2,3)35-24(32)30-11-9-17(10-12-30)23-26-14-20(34-23)22(31)29-21-13-19(27-15-28-21)16-5-7-18(33-4)8-6-16/h5-8,13-15,17H,9-12H2,1-4H3,(H,27,28,29,31). The van der Waals surface area contributed by atoms with Crippen LogP contribution < -0.4 is 10.1 Å². The molecule has 4 rings (SSSR count). The van der Waals surface area contributed by atoms with Crippen LogP contribution in [-0.4, -0.2) is 57.7 Å². The van der Waals surface area contributed by atoms with Crippen molar-refractivity contribution in [1.82, 2.24) is 19.9 Å². The first kappa shape index (κ1) is 24.2. The summed E-state index contributed by atoms with van der Waals surface area (Å²) in [5.74, 6) is 1.25. The predicted octanol–water partition coefficient (Wildman–Crippen LogP) is 4.51. The highest BCUT2D eigenvalue weighted by atomic mass is 16.6. The molecule has 0 bridgehead atoms. The number of amides is 2. The highest BCUT2D eigenvalue weighted by Crippen LogP contribution is 2.29. The summed E-state index contributed by atoms with van der Waals surface area (Å²) in [7, 11) is 1.61. The summed E-state index contributed by atoms with van der Waals surface area (Å²) in [6.45, 7) is 6.62. The molecular formula is C25H29N5O5. The quantitative estimate of drug-likeness (QED) is 0.568. The van der Waals surface area contributed by atoms with Crippen LogP contribution in [0.2, 0.25) is 0 Å². The van der Waals surface area contributed by atoms with E-state index in [9.17, 15) is 9.59 Å². The summed E-state index contributed by atoms with van der Waals surface area (Å²) in [6.07, 6.45) is 3.84. The van der Waals surface area contributed by atoms with Gasteiger partial charge in [-0.05, 0) is 57.9 Å². The van der Waals surface area contributed by atoms with Gasteiger partial charge in [-0.3, -0.25) is 4.79 Å². The van der Waals surface area contributed by atoms with E-state index in [0.29, 0.717) is 43.3 Å². The second kappa shape index (κ2) is 10.1. The molecule has 1 aliphatic heterocycles. The number of piperidine rings is 1. The van der Waals surface area contributed by atoms with Crippen LogP contribution in [0.5, 0.6) is 5.75 Å². The van der Waals surface area contributed by atoms with Crippen LogP contribution >= 0.6 is 0 Å². The number of carbonyl (C=O) groups is 2. The normalized spacial score (nSPS) is 14.5. The maximum absolute atomic E-state index is 12.7. The van der Waals surface area contributed by atoms with Crippen LogP contribution in [-0.2, 0) is 4.74 Å². The largest absolute Gasteiger partial charge is 0.497 e. The second-order valence-corrected chi connectivity index (χ2v) is 9.28. The SMILES string of the molecule is COc1ccc(-c2cc(NC(=O)c3cnc(C4CCN(C(=O)OC(C)(C)C)CC4)o3)ncn2)cc1. The first-order valence-corrected chi connectivity index (χ1v) is 11.4. The number of benzene rings is 1. The molecule has 0 saturated carbocycles. The molecule has 1 aliphatic rings. The molecule has 0 unspecified atom stereocenters. The third kappa shape index (κ3) is 6.14. The maximum Gasteiger partial charge on any atom is 0.410 e. The van der Waals surface area contributed by atoms with Gasteiger partial charge in [0.05, 0.1) is 19.0 Å². The van der Waals surface area contributed by atoms with Crippen molar-refractivity contribution < 1.29 is 23.5 Å². The molecule has 2 amide bonds. The molecule has 3 aromatic rings. The zero-order valence-corrected chi connectivity index (χ0v) is 20.3. The summed E-state index contributed by atoms with van der Waals surface area (Å²) < 4.78 is 16.4. The number of ether oxygens (including phenoxy) is 2. The maximum atomic E-state index is 12.7. The number of aromatic nitrogens is 3. The monoisotopic (exact) mass is 479 g/mol. The number of nitrogens with zero attached hydrogens (tertiary/aromatic N) is 4. The minimum absolute atomic E-state index is 0.0240. The van der Waals surface area contributed by atoms with Gasteiger partial charge in [0, 0.05) is 30.6 Å². The van der Waals surface area contributed by atoms with Crippen molar-refractivity contribution >= 4 is 17.8 Å². The third-order valence-corrected chi connectivity index (χ3v) is 5.54. The molecule has 0 atom stereocenters. The average Bonchev–Trinajstić information content (AvgIpc) is 3.34. The molecule has 0 radical (unpaired) electrons. The van der Waals surface area contributed by atoms with Crippen LogP contribution in [0.4, 0.5) is 10.6 Å². The zero-order valence-electron chi connectivity index (χ0n) is 20.3. The number of nitrogens with one attached hydrogen (secondary N) is 1.